The van der Waals surface area contributed by atoms with Crippen LogP contribution in [0.5, 0.6) is 0 Å². The van der Waals surface area contributed by atoms with Crippen molar-refractivity contribution in [2.45, 2.75) is 32.2 Å². The van der Waals surface area contributed by atoms with Crippen molar-refractivity contribution in [2.24, 2.45) is 0 Å². The minimum atomic E-state index is -3.48. The molecule has 0 aromatic heterocycles. The first-order valence-electron chi connectivity index (χ1n) is 8.86. The monoisotopic (exact) mass is 385 g/mol. The van der Waals surface area contributed by atoms with Gasteiger partial charge in [0, 0.05) is 6.04 Å². The lowest BCUT2D eigenvalue weighted by Crippen LogP contribution is -2.35. The number of ether oxygens (including phenoxy) is 1. The molecule has 3 rings (SSSR count). The molecular weight excluding hydrogens is 362 g/mol. The van der Waals surface area contributed by atoms with Crippen LogP contribution in [0.25, 0.3) is 0 Å². The standard InChI is InChI=1S/C21H23NO4S/c1-16(26-21(23)18-11-7-4-8-12-18)20-14-13-19(22(20)27(2,24)25)15-17-9-5-3-6-10-17/h3-12,19H,13-15H2,1-2H3/b20-16-. The van der Waals surface area contributed by atoms with Gasteiger partial charge < -0.3 is 4.74 Å². The normalized spacial score (nSPS) is 19.0. The number of carbonyl (C=O) groups is 1. The van der Waals surface area contributed by atoms with Gasteiger partial charge in [0.2, 0.25) is 10.0 Å². The Bertz CT molecular complexity index is 937. The Labute approximate surface area is 160 Å². The minimum Gasteiger partial charge on any atom is -0.426 e. The van der Waals surface area contributed by atoms with Crippen molar-refractivity contribution in [1.29, 1.82) is 0 Å². The number of carbonyl (C=O) groups excluding carboxylic acids is 1. The van der Waals surface area contributed by atoms with Crippen molar-refractivity contribution in [3.05, 3.63) is 83.2 Å². The molecule has 2 aromatic carbocycles. The molecule has 142 valence electrons. The van der Waals surface area contributed by atoms with Gasteiger partial charge in [0.25, 0.3) is 0 Å². The van der Waals surface area contributed by atoms with Gasteiger partial charge in [-0.2, -0.15) is 0 Å². The molecule has 1 heterocycles. The maximum Gasteiger partial charge on any atom is 0.343 e. The zero-order chi connectivity index (χ0) is 19.4. The van der Waals surface area contributed by atoms with E-state index >= 15 is 0 Å². The second-order valence-corrected chi connectivity index (χ2v) is 8.56. The van der Waals surface area contributed by atoms with E-state index in [4.69, 9.17) is 4.74 Å². The Hall–Kier alpha value is -2.60. The van der Waals surface area contributed by atoms with Crippen molar-refractivity contribution >= 4 is 16.0 Å². The van der Waals surface area contributed by atoms with Crippen LogP contribution in [0.2, 0.25) is 0 Å². The zero-order valence-electron chi connectivity index (χ0n) is 15.5. The van der Waals surface area contributed by atoms with Gasteiger partial charge in [-0.05, 0) is 43.9 Å². The van der Waals surface area contributed by atoms with E-state index in [2.05, 4.69) is 0 Å². The molecule has 1 aliphatic heterocycles. The highest BCUT2D eigenvalue weighted by atomic mass is 32.2. The summed E-state index contributed by atoms with van der Waals surface area (Å²) in [5, 5.41) is 0. The third-order valence-corrected chi connectivity index (χ3v) is 5.88. The third kappa shape index (κ3) is 4.57. The van der Waals surface area contributed by atoms with Crippen molar-refractivity contribution in [2.75, 3.05) is 6.26 Å². The molecule has 1 aliphatic rings. The van der Waals surface area contributed by atoms with Gasteiger partial charge in [0.1, 0.15) is 5.76 Å². The SMILES string of the molecule is C/C(OC(=O)c1ccccc1)=C1\CCC(Cc2ccccc2)N1S(C)(=O)=O. The summed E-state index contributed by atoms with van der Waals surface area (Å²) in [5.41, 5.74) is 2.07. The number of benzene rings is 2. The highest BCUT2D eigenvalue weighted by Crippen LogP contribution is 2.34. The van der Waals surface area contributed by atoms with E-state index in [0.717, 1.165) is 5.56 Å². The minimum absolute atomic E-state index is 0.178. The lowest BCUT2D eigenvalue weighted by atomic mass is 10.1. The summed E-state index contributed by atoms with van der Waals surface area (Å²) >= 11 is 0. The van der Waals surface area contributed by atoms with Gasteiger partial charge in [-0.1, -0.05) is 48.5 Å². The van der Waals surface area contributed by atoms with Crippen LogP contribution < -0.4 is 0 Å². The first kappa shape index (κ1) is 19.2. The molecule has 1 fully saturated rings. The second kappa shape index (κ2) is 7.96. The van der Waals surface area contributed by atoms with Crippen LogP contribution in [0.15, 0.2) is 72.1 Å². The van der Waals surface area contributed by atoms with E-state index in [1.807, 2.05) is 36.4 Å². The molecule has 27 heavy (non-hydrogen) atoms. The number of esters is 1. The van der Waals surface area contributed by atoms with Crippen LogP contribution in [0.4, 0.5) is 0 Å². The molecule has 0 N–H and O–H groups in total. The van der Waals surface area contributed by atoms with Gasteiger partial charge in [-0.25, -0.2) is 13.2 Å². The first-order valence-corrected chi connectivity index (χ1v) is 10.7. The van der Waals surface area contributed by atoms with Gasteiger partial charge in [0.15, 0.2) is 0 Å². The van der Waals surface area contributed by atoms with Crippen LogP contribution in [0.1, 0.15) is 35.7 Å². The van der Waals surface area contributed by atoms with E-state index in [0.29, 0.717) is 36.3 Å². The molecule has 1 atom stereocenters. The average Bonchev–Trinajstić information content (AvgIpc) is 3.07. The molecular formula is C21H23NO4S. The van der Waals surface area contributed by atoms with Gasteiger partial charge in [-0.3, -0.25) is 4.31 Å². The molecule has 2 aromatic rings. The van der Waals surface area contributed by atoms with Gasteiger partial charge in [-0.15, -0.1) is 0 Å². The molecule has 5 nitrogen and oxygen atoms in total. The fourth-order valence-corrected chi connectivity index (χ4v) is 4.80. The predicted molar refractivity (Wildman–Crippen MR) is 104 cm³/mol. The predicted octanol–water partition coefficient (Wildman–Crippen LogP) is 3.74. The Morgan fingerprint density at radius 3 is 2.26 bits per heavy atom. The van der Waals surface area contributed by atoms with Crippen LogP contribution in [-0.4, -0.2) is 31.0 Å². The summed E-state index contributed by atoms with van der Waals surface area (Å²) in [6.07, 6.45) is 3.07. The van der Waals surface area contributed by atoms with Gasteiger partial charge >= 0.3 is 5.97 Å². The molecule has 0 spiro atoms. The van der Waals surface area contributed by atoms with Crippen molar-refractivity contribution in [3.8, 4) is 0 Å². The summed E-state index contributed by atoms with van der Waals surface area (Å²) in [6, 6.07) is 18.3. The van der Waals surface area contributed by atoms with Crippen molar-refractivity contribution in [3.63, 3.8) is 0 Å². The molecule has 6 heteroatoms. The lowest BCUT2D eigenvalue weighted by molar-refractivity contribution is 0.0617. The quantitative estimate of drug-likeness (QED) is 0.581. The first-order chi connectivity index (χ1) is 12.9. The molecule has 0 aliphatic carbocycles. The highest BCUT2D eigenvalue weighted by Gasteiger charge is 2.36. The largest absolute Gasteiger partial charge is 0.426 e. The Kier molecular flexibility index (Phi) is 5.65. The van der Waals surface area contributed by atoms with Crippen LogP contribution in [-0.2, 0) is 21.2 Å². The maximum absolute atomic E-state index is 12.5. The Morgan fingerprint density at radius 2 is 1.67 bits per heavy atom. The summed E-state index contributed by atoms with van der Waals surface area (Å²) in [5.74, 6) is -0.148. The highest BCUT2D eigenvalue weighted by molar-refractivity contribution is 7.88. The molecule has 1 unspecified atom stereocenters. The summed E-state index contributed by atoms with van der Waals surface area (Å²) < 4.78 is 31.8. The maximum atomic E-state index is 12.5. The van der Waals surface area contributed by atoms with E-state index in [1.54, 1.807) is 31.2 Å². The molecule has 0 amide bonds. The van der Waals surface area contributed by atoms with Crippen molar-refractivity contribution < 1.29 is 17.9 Å². The fourth-order valence-electron chi connectivity index (χ4n) is 3.46. The van der Waals surface area contributed by atoms with Crippen LogP contribution >= 0.6 is 0 Å². The fraction of sp³-hybridized carbons (Fsp3) is 0.286. The molecule has 0 saturated carbocycles. The number of hydrogen-bond acceptors (Lipinski definition) is 4. The van der Waals surface area contributed by atoms with E-state index in [-0.39, 0.29) is 6.04 Å². The van der Waals surface area contributed by atoms with E-state index < -0.39 is 16.0 Å². The van der Waals surface area contributed by atoms with Crippen LogP contribution in [0.3, 0.4) is 0 Å². The average molecular weight is 385 g/mol. The van der Waals surface area contributed by atoms with E-state index in [9.17, 15) is 13.2 Å². The number of rotatable bonds is 5. The smallest absolute Gasteiger partial charge is 0.343 e. The number of hydrogen-bond donors (Lipinski definition) is 0. The molecule has 0 bridgehead atoms. The number of allylic oxidation sites excluding steroid dienone is 2. The Balaban J connectivity index is 1.85. The number of sulfonamides is 1. The third-order valence-electron chi connectivity index (χ3n) is 4.65. The number of nitrogens with zero attached hydrogens (tertiary/aromatic N) is 1. The lowest BCUT2D eigenvalue weighted by Gasteiger charge is -2.26. The molecule has 0 radical (unpaired) electrons. The topological polar surface area (TPSA) is 63.7 Å². The second-order valence-electron chi connectivity index (χ2n) is 6.70. The Morgan fingerprint density at radius 1 is 1.07 bits per heavy atom. The summed E-state index contributed by atoms with van der Waals surface area (Å²) in [7, 11) is -3.48. The van der Waals surface area contributed by atoms with Crippen LogP contribution in [0, 0.1) is 0 Å². The van der Waals surface area contributed by atoms with Gasteiger partial charge in [0.05, 0.1) is 17.5 Å². The van der Waals surface area contributed by atoms with E-state index in [1.165, 1.54) is 10.6 Å². The molecule has 1 saturated heterocycles. The summed E-state index contributed by atoms with van der Waals surface area (Å²) in [6.45, 7) is 1.65. The zero-order valence-corrected chi connectivity index (χ0v) is 16.3. The van der Waals surface area contributed by atoms with Crippen molar-refractivity contribution in [1.82, 2.24) is 4.31 Å². The summed E-state index contributed by atoms with van der Waals surface area (Å²) in [4.78, 5) is 12.3.